The van der Waals surface area contributed by atoms with E-state index < -0.39 is 0 Å². The minimum absolute atomic E-state index is 0.354. The van der Waals surface area contributed by atoms with Crippen LogP contribution in [-0.4, -0.2) is 37.5 Å². The van der Waals surface area contributed by atoms with Crippen LogP contribution >= 0.6 is 11.3 Å². The van der Waals surface area contributed by atoms with E-state index in [4.69, 9.17) is 5.73 Å². The Hall–Kier alpha value is -0.910. The van der Waals surface area contributed by atoms with E-state index in [2.05, 4.69) is 24.2 Å². The molecule has 0 aliphatic heterocycles. The van der Waals surface area contributed by atoms with Gasteiger partial charge in [-0.15, -0.1) is 11.3 Å². The van der Waals surface area contributed by atoms with Crippen molar-refractivity contribution in [1.82, 2.24) is 10.2 Å². The Morgan fingerprint density at radius 3 is 2.94 bits per heavy atom. The summed E-state index contributed by atoms with van der Waals surface area (Å²) in [6.45, 7) is 5.99. The molecule has 4 nitrogen and oxygen atoms in total. The minimum Gasteiger partial charge on any atom is -0.366 e. The zero-order valence-electron chi connectivity index (χ0n) is 9.82. The van der Waals surface area contributed by atoms with Gasteiger partial charge >= 0.3 is 0 Å². The van der Waals surface area contributed by atoms with Crippen LogP contribution in [0.2, 0.25) is 0 Å². The highest BCUT2D eigenvalue weighted by Crippen LogP contribution is 2.13. The number of nitrogens with one attached hydrogen (secondary N) is 1. The predicted octanol–water partition coefficient (Wildman–Crippen LogP) is 0.888. The summed E-state index contributed by atoms with van der Waals surface area (Å²) >= 11 is 1.57. The summed E-state index contributed by atoms with van der Waals surface area (Å²) in [6, 6.07) is 1.85. The van der Waals surface area contributed by atoms with Crippen molar-refractivity contribution in [3.8, 4) is 0 Å². The zero-order valence-corrected chi connectivity index (χ0v) is 10.6. The SMILES string of the molecule is CCN(C)CCNCc1cc(C(N)=O)cs1. The van der Waals surface area contributed by atoms with Crippen LogP contribution in [0.5, 0.6) is 0 Å². The van der Waals surface area contributed by atoms with Crippen LogP contribution in [0.1, 0.15) is 22.2 Å². The van der Waals surface area contributed by atoms with Crippen molar-refractivity contribution in [1.29, 1.82) is 0 Å². The molecular formula is C11H19N3OS. The summed E-state index contributed by atoms with van der Waals surface area (Å²) in [6.07, 6.45) is 0. The number of likely N-dealkylation sites (N-methyl/N-ethyl adjacent to an activating group) is 1. The van der Waals surface area contributed by atoms with Gasteiger partial charge < -0.3 is 16.0 Å². The maximum atomic E-state index is 10.9. The van der Waals surface area contributed by atoms with E-state index in [1.54, 1.807) is 16.7 Å². The lowest BCUT2D eigenvalue weighted by molar-refractivity contribution is 0.100. The number of carbonyl (C=O) groups is 1. The number of nitrogens with two attached hydrogens (primary N) is 1. The van der Waals surface area contributed by atoms with Crippen LogP contribution in [0, 0.1) is 0 Å². The maximum absolute atomic E-state index is 10.9. The molecule has 3 N–H and O–H groups in total. The number of amides is 1. The monoisotopic (exact) mass is 241 g/mol. The Morgan fingerprint density at radius 1 is 1.62 bits per heavy atom. The fourth-order valence-electron chi connectivity index (χ4n) is 1.24. The molecule has 90 valence electrons. The fourth-order valence-corrected chi connectivity index (χ4v) is 2.09. The quantitative estimate of drug-likeness (QED) is 0.697. The van der Waals surface area contributed by atoms with Crippen molar-refractivity contribution in [2.45, 2.75) is 13.5 Å². The smallest absolute Gasteiger partial charge is 0.249 e. The second-order valence-electron chi connectivity index (χ2n) is 3.74. The second-order valence-corrected chi connectivity index (χ2v) is 4.73. The molecule has 0 aliphatic carbocycles. The lowest BCUT2D eigenvalue weighted by Gasteiger charge is -2.13. The predicted molar refractivity (Wildman–Crippen MR) is 67.7 cm³/mol. The summed E-state index contributed by atoms with van der Waals surface area (Å²) < 4.78 is 0. The molecule has 0 fully saturated rings. The van der Waals surface area contributed by atoms with Crippen LogP contribution in [0.15, 0.2) is 11.4 Å². The number of primary amides is 1. The van der Waals surface area contributed by atoms with Gasteiger partial charge in [-0.25, -0.2) is 0 Å². The number of hydrogen-bond donors (Lipinski definition) is 2. The summed E-state index contributed by atoms with van der Waals surface area (Å²) in [5, 5.41) is 5.14. The van der Waals surface area contributed by atoms with Crippen LogP contribution in [0.3, 0.4) is 0 Å². The average Bonchev–Trinajstić information content (AvgIpc) is 2.72. The summed E-state index contributed by atoms with van der Waals surface area (Å²) in [7, 11) is 2.10. The normalized spacial score (nSPS) is 10.9. The fraction of sp³-hybridized carbons (Fsp3) is 0.545. The Balaban J connectivity index is 2.24. The van der Waals surface area contributed by atoms with Gasteiger partial charge in [0.1, 0.15) is 0 Å². The van der Waals surface area contributed by atoms with Crippen molar-refractivity contribution < 1.29 is 4.79 Å². The molecule has 16 heavy (non-hydrogen) atoms. The molecule has 0 aromatic carbocycles. The highest BCUT2D eigenvalue weighted by Gasteiger charge is 2.04. The molecular weight excluding hydrogens is 222 g/mol. The first-order valence-electron chi connectivity index (χ1n) is 5.40. The van der Waals surface area contributed by atoms with E-state index in [9.17, 15) is 4.79 Å². The number of rotatable bonds is 7. The van der Waals surface area contributed by atoms with Crippen LogP contribution in [0.4, 0.5) is 0 Å². The molecule has 1 rings (SSSR count). The highest BCUT2D eigenvalue weighted by atomic mass is 32.1. The Morgan fingerprint density at radius 2 is 2.38 bits per heavy atom. The first-order chi connectivity index (χ1) is 7.63. The van der Waals surface area contributed by atoms with E-state index >= 15 is 0 Å². The Kier molecular flexibility index (Phi) is 5.45. The van der Waals surface area contributed by atoms with E-state index in [0.29, 0.717) is 5.56 Å². The molecule has 1 aromatic rings. The molecule has 0 radical (unpaired) electrons. The summed E-state index contributed by atoms with van der Waals surface area (Å²) in [5.41, 5.74) is 5.78. The molecule has 0 aliphatic rings. The van der Waals surface area contributed by atoms with Crippen LogP contribution in [0.25, 0.3) is 0 Å². The zero-order chi connectivity index (χ0) is 12.0. The number of carbonyl (C=O) groups excluding carboxylic acids is 1. The molecule has 1 aromatic heterocycles. The topological polar surface area (TPSA) is 58.4 Å². The summed E-state index contributed by atoms with van der Waals surface area (Å²) in [5.74, 6) is -0.354. The van der Waals surface area contributed by atoms with E-state index in [1.165, 1.54) is 0 Å². The standard InChI is InChI=1S/C11H19N3OS/c1-3-14(2)5-4-13-7-10-6-9(8-16-10)11(12)15/h6,8,13H,3-5,7H2,1-2H3,(H2,12,15). The Labute approximate surface area is 100 Å². The van der Waals surface area contributed by atoms with Crippen LogP contribution in [-0.2, 0) is 6.54 Å². The van der Waals surface area contributed by atoms with Gasteiger partial charge in [-0.3, -0.25) is 4.79 Å². The van der Waals surface area contributed by atoms with E-state index in [-0.39, 0.29) is 5.91 Å². The molecule has 5 heteroatoms. The number of hydrogen-bond acceptors (Lipinski definition) is 4. The highest BCUT2D eigenvalue weighted by molar-refractivity contribution is 7.10. The van der Waals surface area contributed by atoms with Gasteiger partial charge in [0.2, 0.25) is 5.91 Å². The van der Waals surface area contributed by atoms with Gasteiger partial charge in [-0.1, -0.05) is 6.92 Å². The summed E-state index contributed by atoms with van der Waals surface area (Å²) in [4.78, 5) is 14.3. The molecule has 1 amide bonds. The second kappa shape index (κ2) is 6.62. The Bertz CT molecular complexity index is 338. The van der Waals surface area contributed by atoms with Gasteiger partial charge in [-0.05, 0) is 19.7 Å². The van der Waals surface area contributed by atoms with Crippen molar-refractivity contribution in [3.63, 3.8) is 0 Å². The van der Waals surface area contributed by atoms with Gasteiger partial charge in [0.05, 0.1) is 5.56 Å². The van der Waals surface area contributed by atoms with Crippen molar-refractivity contribution >= 4 is 17.2 Å². The molecule has 0 saturated carbocycles. The first-order valence-corrected chi connectivity index (χ1v) is 6.28. The van der Waals surface area contributed by atoms with E-state index in [0.717, 1.165) is 31.1 Å². The third-order valence-electron chi connectivity index (χ3n) is 2.45. The maximum Gasteiger partial charge on any atom is 0.249 e. The molecule has 0 spiro atoms. The van der Waals surface area contributed by atoms with Crippen molar-refractivity contribution in [2.75, 3.05) is 26.7 Å². The van der Waals surface area contributed by atoms with Gasteiger partial charge in [0.15, 0.2) is 0 Å². The largest absolute Gasteiger partial charge is 0.366 e. The van der Waals surface area contributed by atoms with Crippen molar-refractivity contribution in [2.24, 2.45) is 5.73 Å². The first kappa shape index (κ1) is 13.2. The lowest BCUT2D eigenvalue weighted by Crippen LogP contribution is -2.28. The van der Waals surface area contributed by atoms with Crippen molar-refractivity contribution in [3.05, 3.63) is 21.9 Å². The van der Waals surface area contributed by atoms with Crippen LogP contribution < -0.4 is 11.1 Å². The number of nitrogens with zero attached hydrogens (tertiary/aromatic N) is 1. The molecule has 0 unspecified atom stereocenters. The number of thiophene rings is 1. The lowest BCUT2D eigenvalue weighted by atomic mass is 10.3. The average molecular weight is 241 g/mol. The molecule has 1 heterocycles. The molecule has 0 bridgehead atoms. The van der Waals surface area contributed by atoms with E-state index in [1.807, 2.05) is 6.07 Å². The molecule has 0 saturated heterocycles. The van der Waals surface area contributed by atoms with Gasteiger partial charge in [0.25, 0.3) is 0 Å². The van der Waals surface area contributed by atoms with Gasteiger partial charge in [-0.2, -0.15) is 0 Å². The third kappa shape index (κ3) is 4.30. The third-order valence-corrected chi connectivity index (χ3v) is 3.38. The minimum atomic E-state index is -0.354. The van der Waals surface area contributed by atoms with Gasteiger partial charge in [0, 0.05) is 29.9 Å². The molecule has 0 atom stereocenters.